The SMILES string of the molecule is CC(=Nc1cccc(Nc2ncnc(N3CCC(OCc4ccc(F)c(F)c4)CC3)n2)c1)NC#N. The molecule has 180 valence electrons. The first-order valence-electron chi connectivity index (χ1n) is 11.1. The fraction of sp³-hybridized carbons (Fsp3) is 0.292. The molecule has 0 aliphatic carbocycles. The first-order valence-corrected chi connectivity index (χ1v) is 11.1. The van der Waals surface area contributed by atoms with Crippen LogP contribution < -0.4 is 15.5 Å². The molecule has 4 rings (SSSR count). The molecule has 0 saturated carbocycles. The van der Waals surface area contributed by atoms with Crippen molar-refractivity contribution >= 4 is 29.1 Å². The number of halogens is 2. The molecule has 2 N–H and O–H groups in total. The van der Waals surface area contributed by atoms with Gasteiger partial charge in [0.15, 0.2) is 17.8 Å². The number of aromatic nitrogens is 3. The van der Waals surface area contributed by atoms with E-state index in [1.807, 2.05) is 30.5 Å². The van der Waals surface area contributed by atoms with Gasteiger partial charge < -0.3 is 15.0 Å². The van der Waals surface area contributed by atoms with Gasteiger partial charge in [-0.2, -0.15) is 10.2 Å². The largest absolute Gasteiger partial charge is 0.373 e. The van der Waals surface area contributed by atoms with Crippen molar-refractivity contribution in [3.05, 3.63) is 66.0 Å². The lowest BCUT2D eigenvalue weighted by Gasteiger charge is -2.31. The molecule has 2 heterocycles. The number of amidine groups is 1. The highest BCUT2D eigenvalue weighted by atomic mass is 19.2. The monoisotopic (exact) mass is 478 g/mol. The molecule has 1 aliphatic heterocycles. The third kappa shape index (κ3) is 6.68. The average molecular weight is 479 g/mol. The average Bonchev–Trinajstić information content (AvgIpc) is 2.86. The van der Waals surface area contributed by atoms with Crippen LogP contribution in [0.15, 0.2) is 53.8 Å². The Morgan fingerprint density at radius 2 is 2.00 bits per heavy atom. The molecule has 2 aromatic carbocycles. The van der Waals surface area contributed by atoms with Crippen LogP contribution in [0.25, 0.3) is 0 Å². The Balaban J connectivity index is 1.32. The molecule has 0 spiro atoms. The van der Waals surface area contributed by atoms with E-state index in [0.29, 0.717) is 42.1 Å². The standard InChI is InChI=1S/C24H24F2N8O/c1-16(28-14-27)31-18-3-2-4-19(12-18)32-23-29-15-30-24(33-23)34-9-7-20(8-10-34)35-13-17-5-6-21(25)22(26)11-17/h2-6,11-12,15,20H,7-10,13H2,1H3,(H,28,31)(H,29,30,32,33). The summed E-state index contributed by atoms with van der Waals surface area (Å²) < 4.78 is 32.3. The quantitative estimate of drug-likeness (QED) is 0.225. The van der Waals surface area contributed by atoms with Crippen molar-refractivity contribution in [1.29, 1.82) is 5.26 Å². The molecule has 1 aliphatic rings. The van der Waals surface area contributed by atoms with Crippen LogP contribution in [-0.2, 0) is 11.3 Å². The lowest BCUT2D eigenvalue weighted by Crippen LogP contribution is -2.38. The van der Waals surface area contributed by atoms with Crippen LogP contribution in [0.3, 0.4) is 0 Å². The third-order valence-electron chi connectivity index (χ3n) is 5.39. The van der Waals surface area contributed by atoms with E-state index in [2.05, 4.69) is 35.5 Å². The van der Waals surface area contributed by atoms with E-state index in [1.54, 1.807) is 6.92 Å². The van der Waals surface area contributed by atoms with E-state index >= 15 is 0 Å². The maximum Gasteiger partial charge on any atom is 0.231 e. The summed E-state index contributed by atoms with van der Waals surface area (Å²) in [5, 5.41) is 14.3. The minimum Gasteiger partial charge on any atom is -0.373 e. The Kier molecular flexibility index (Phi) is 7.74. The highest BCUT2D eigenvalue weighted by Gasteiger charge is 2.22. The van der Waals surface area contributed by atoms with Gasteiger partial charge in [-0.3, -0.25) is 5.32 Å². The number of rotatable bonds is 7. The summed E-state index contributed by atoms with van der Waals surface area (Å²) in [4.78, 5) is 19.4. The molecule has 0 amide bonds. The van der Waals surface area contributed by atoms with E-state index in [1.165, 1.54) is 12.4 Å². The number of anilines is 3. The van der Waals surface area contributed by atoms with Crippen molar-refractivity contribution in [2.75, 3.05) is 23.3 Å². The number of piperidine rings is 1. The second-order valence-corrected chi connectivity index (χ2v) is 7.96. The van der Waals surface area contributed by atoms with E-state index in [4.69, 9.17) is 10.00 Å². The lowest BCUT2D eigenvalue weighted by molar-refractivity contribution is 0.0248. The second-order valence-electron chi connectivity index (χ2n) is 7.96. The zero-order valence-electron chi connectivity index (χ0n) is 19.1. The Bertz CT molecular complexity index is 1240. The number of nitriles is 1. The molecule has 3 aromatic rings. The van der Waals surface area contributed by atoms with Crippen LogP contribution >= 0.6 is 0 Å². The van der Waals surface area contributed by atoms with Crippen LogP contribution in [0.2, 0.25) is 0 Å². The molecule has 0 bridgehead atoms. The normalized spacial score (nSPS) is 14.5. The molecule has 35 heavy (non-hydrogen) atoms. The van der Waals surface area contributed by atoms with Gasteiger partial charge in [-0.25, -0.2) is 23.7 Å². The van der Waals surface area contributed by atoms with Crippen molar-refractivity contribution in [3.63, 3.8) is 0 Å². The van der Waals surface area contributed by atoms with Gasteiger partial charge in [0.05, 0.1) is 18.4 Å². The first-order chi connectivity index (χ1) is 17.0. The molecule has 0 unspecified atom stereocenters. The smallest absolute Gasteiger partial charge is 0.231 e. The van der Waals surface area contributed by atoms with Crippen LogP contribution in [0, 0.1) is 23.1 Å². The number of nitrogens with one attached hydrogen (secondary N) is 2. The van der Waals surface area contributed by atoms with E-state index in [-0.39, 0.29) is 12.7 Å². The Morgan fingerprint density at radius 1 is 1.17 bits per heavy atom. The molecule has 9 nitrogen and oxygen atoms in total. The maximum atomic E-state index is 13.4. The van der Waals surface area contributed by atoms with E-state index in [0.717, 1.165) is 30.7 Å². The van der Waals surface area contributed by atoms with Crippen LogP contribution in [0.5, 0.6) is 0 Å². The zero-order chi connectivity index (χ0) is 24.6. The van der Waals surface area contributed by atoms with Crippen LogP contribution in [0.4, 0.5) is 32.1 Å². The van der Waals surface area contributed by atoms with Crippen molar-refractivity contribution in [2.24, 2.45) is 4.99 Å². The summed E-state index contributed by atoms with van der Waals surface area (Å²) >= 11 is 0. The molecular weight excluding hydrogens is 454 g/mol. The van der Waals surface area contributed by atoms with Crippen molar-refractivity contribution in [2.45, 2.75) is 32.5 Å². The van der Waals surface area contributed by atoms with E-state index in [9.17, 15) is 8.78 Å². The fourth-order valence-electron chi connectivity index (χ4n) is 3.65. The molecule has 1 fully saturated rings. The minimum atomic E-state index is -0.870. The molecule has 1 saturated heterocycles. The summed E-state index contributed by atoms with van der Waals surface area (Å²) in [6, 6.07) is 11.2. The van der Waals surface area contributed by atoms with Gasteiger partial charge in [0.25, 0.3) is 0 Å². The number of ether oxygens (including phenoxy) is 1. The number of hydrogen-bond acceptors (Lipinski definition) is 8. The maximum absolute atomic E-state index is 13.4. The topological polar surface area (TPSA) is 111 Å². The number of nitrogens with zero attached hydrogens (tertiary/aromatic N) is 6. The summed E-state index contributed by atoms with van der Waals surface area (Å²) in [6.45, 7) is 3.33. The van der Waals surface area contributed by atoms with Crippen molar-refractivity contribution in [3.8, 4) is 6.19 Å². The molecule has 11 heteroatoms. The van der Waals surface area contributed by atoms with Crippen molar-refractivity contribution in [1.82, 2.24) is 20.3 Å². The Hall–Kier alpha value is -4.17. The summed E-state index contributed by atoms with van der Waals surface area (Å²) in [7, 11) is 0. The lowest BCUT2D eigenvalue weighted by atomic mass is 10.1. The van der Waals surface area contributed by atoms with E-state index < -0.39 is 11.6 Å². The van der Waals surface area contributed by atoms with Gasteiger partial charge in [-0.1, -0.05) is 12.1 Å². The third-order valence-corrected chi connectivity index (χ3v) is 5.39. The number of aliphatic imine (C=N–C) groups is 1. The zero-order valence-corrected chi connectivity index (χ0v) is 19.1. The Morgan fingerprint density at radius 3 is 2.77 bits per heavy atom. The number of benzene rings is 2. The summed E-state index contributed by atoms with van der Waals surface area (Å²) in [5.41, 5.74) is 2.03. The van der Waals surface area contributed by atoms with Gasteiger partial charge in [0.2, 0.25) is 11.9 Å². The fourth-order valence-corrected chi connectivity index (χ4v) is 3.65. The molecule has 0 radical (unpaired) electrons. The van der Waals surface area contributed by atoms with Gasteiger partial charge >= 0.3 is 0 Å². The van der Waals surface area contributed by atoms with Gasteiger partial charge in [-0.15, -0.1) is 0 Å². The summed E-state index contributed by atoms with van der Waals surface area (Å²) in [6.07, 6.45) is 4.83. The minimum absolute atomic E-state index is 0.0149. The molecular formula is C24H24F2N8O. The van der Waals surface area contributed by atoms with Crippen LogP contribution in [0.1, 0.15) is 25.3 Å². The predicted octanol–water partition coefficient (Wildman–Crippen LogP) is 4.20. The second kappa shape index (κ2) is 11.3. The Labute approximate surface area is 201 Å². The highest BCUT2D eigenvalue weighted by molar-refractivity contribution is 5.84. The predicted molar refractivity (Wildman–Crippen MR) is 127 cm³/mol. The number of hydrogen-bond donors (Lipinski definition) is 2. The summed E-state index contributed by atoms with van der Waals surface area (Å²) in [5.74, 6) is -0.281. The molecule has 1 aromatic heterocycles. The van der Waals surface area contributed by atoms with Gasteiger partial charge in [0, 0.05) is 18.8 Å². The van der Waals surface area contributed by atoms with Gasteiger partial charge in [-0.05, 0) is 55.7 Å². The van der Waals surface area contributed by atoms with Gasteiger partial charge in [0.1, 0.15) is 12.2 Å². The highest BCUT2D eigenvalue weighted by Crippen LogP contribution is 2.23. The molecule has 0 atom stereocenters. The van der Waals surface area contributed by atoms with Crippen molar-refractivity contribution < 1.29 is 13.5 Å². The first kappa shape index (κ1) is 24.0. The van der Waals surface area contributed by atoms with Crippen LogP contribution in [-0.4, -0.2) is 40.0 Å².